The number of nitrogens with one attached hydrogen (secondary N) is 3. The third-order valence-corrected chi connectivity index (χ3v) is 10.5. The molecule has 4 aromatic carbocycles. The predicted molar refractivity (Wildman–Crippen MR) is 192 cm³/mol. The molecule has 0 aliphatic carbocycles. The van der Waals surface area contributed by atoms with E-state index in [1.165, 1.54) is 6.08 Å². The highest BCUT2D eigenvalue weighted by Gasteiger charge is 2.65. The van der Waals surface area contributed by atoms with Crippen molar-refractivity contribution < 1.29 is 29.0 Å². The molecule has 5 heterocycles. The molecular weight excluding hydrogens is 648 g/mol. The summed E-state index contributed by atoms with van der Waals surface area (Å²) < 4.78 is 10.7. The fourth-order valence-corrected chi connectivity index (χ4v) is 8.31. The van der Waals surface area contributed by atoms with Gasteiger partial charge < -0.3 is 34.5 Å². The number of hydrogen-bond acceptors (Lipinski definition) is 7. The van der Waals surface area contributed by atoms with E-state index in [9.17, 15) is 24.3 Å². The van der Waals surface area contributed by atoms with Crippen molar-refractivity contribution in [2.75, 3.05) is 26.0 Å². The Morgan fingerprint density at radius 2 is 1.63 bits per heavy atom. The minimum absolute atomic E-state index is 0.0764. The largest absolute Gasteiger partial charge is 0.376 e. The second-order valence-corrected chi connectivity index (χ2v) is 13.9. The summed E-state index contributed by atoms with van der Waals surface area (Å²) in [7, 11) is 3.83. The summed E-state index contributed by atoms with van der Waals surface area (Å²) in [5, 5.41) is 23.7. The highest BCUT2D eigenvalue weighted by atomic mass is 16.6. The van der Waals surface area contributed by atoms with E-state index in [0.29, 0.717) is 50.5 Å². The first-order valence-corrected chi connectivity index (χ1v) is 16.8. The molecule has 1 unspecified atom stereocenters. The molecule has 0 spiro atoms. The van der Waals surface area contributed by atoms with E-state index in [2.05, 4.69) is 16.0 Å². The molecule has 2 aromatic heterocycles. The standard InChI is InChI=1S/C39H34N6O6/c1-38-39(50,37(49)40-20-21-10-8-11-22(18-21)41-27(46)16-9-17-43(2)3)19-28(51-38)44-25-14-6-4-12-23(25)29-31-32(36(48)42-35(31)47)30-24-13-5-7-15-26(24)45(38)34(30)33(29)44/h4-16,18,28,50H,17,19-20H2,1-3H3,(H,40,49)(H,41,46)(H,42,47,48)/b16-9+/t28?,38-,39-/m0/s1. The molecule has 6 aromatic rings. The Kier molecular flexibility index (Phi) is 6.63. The average Bonchev–Trinajstić information content (AvgIpc) is 3.77. The van der Waals surface area contributed by atoms with Crippen LogP contribution in [0.2, 0.25) is 0 Å². The number of fused-ring (bicyclic) bond motifs is 13. The van der Waals surface area contributed by atoms with Gasteiger partial charge in [-0.25, -0.2) is 0 Å². The number of benzene rings is 4. The zero-order valence-electron chi connectivity index (χ0n) is 28.1. The third-order valence-electron chi connectivity index (χ3n) is 10.5. The van der Waals surface area contributed by atoms with Crippen molar-refractivity contribution in [2.24, 2.45) is 0 Å². The SMILES string of the molecule is CN(C)C/C=C/C(=O)Nc1cccc(CNC(=O)[C@@]2(O)CC3O[C@]2(C)n2c4ccccc4c4c5c(c6c7ccccc7n3c6c42)C(=O)NC5=O)c1. The highest BCUT2D eigenvalue weighted by Crippen LogP contribution is 2.57. The first kappa shape index (κ1) is 31.2. The Bertz CT molecular complexity index is 2580. The van der Waals surface area contributed by atoms with Crippen LogP contribution in [0.1, 0.15) is 45.9 Å². The van der Waals surface area contributed by atoms with Crippen LogP contribution in [0.25, 0.3) is 43.6 Å². The number of imide groups is 1. The Hall–Kier alpha value is -5.82. The number of rotatable bonds is 7. The van der Waals surface area contributed by atoms with Crippen molar-refractivity contribution in [1.82, 2.24) is 24.7 Å². The van der Waals surface area contributed by atoms with Gasteiger partial charge in [0.15, 0.2) is 11.3 Å². The summed E-state index contributed by atoms with van der Waals surface area (Å²) in [4.78, 5) is 55.8. The molecule has 9 rings (SSSR count). The van der Waals surface area contributed by atoms with E-state index in [1.807, 2.05) is 82.7 Å². The maximum Gasteiger partial charge on any atom is 0.259 e. The van der Waals surface area contributed by atoms with Gasteiger partial charge in [0.2, 0.25) is 5.91 Å². The number of aromatic nitrogens is 2. The maximum absolute atomic E-state index is 14.4. The first-order valence-electron chi connectivity index (χ1n) is 16.8. The highest BCUT2D eigenvalue weighted by molar-refractivity contribution is 6.39. The molecule has 51 heavy (non-hydrogen) atoms. The summed E-state index contributed by atoms with van der Waals surface area (Å²) in [6, 6.07) is 22.2. The van der Waals surface area contributed by atoms with E-state index in [1.54, 1.807) is 31.2 Å². The number of amides is 4. The number of carbonyl (C=O) groups excluding carboxylic acids is 4. The molecule has 3 aliphatic heterocycles. The molecule has 2 bridgehead atoms. The Balaban J connectivity index is 1.16. The number of nitrogens with zero attached hydrogens (tertiary/aromatic N) is 3. The monoisotopic (exact) mass is 682 g/mol. The van der Waals surface area contributed by atoms with Crippen LogP contribution in [0, 0.1) is 0 Å². The lowest BCUT2D eigenvalue weighted by Gasteiger charge is -2.38. The van der Waals surface area contributed by atoms with Gasteiger partial charge in [-0.15, -0.1) is 0 Å². The normalized spacial score (nSPS) is 22.2. The quantitative estimate of drug-likeness (QED) is 0.143. The molecule has 256 valence electrons. The van der Waals surface area contributed by atoms with Crippen molar-refractivity contribution in [3.63, 3.8) is 0 Å². The van der Waals surface area contributed by atoms with Gasteiger partial charge in [-0.05, 0) is 50.8 Å². The number of para-hydroxylation sites is 2. The van der Waals surface area contributed by atoms with Crippen molar-refractivity contribution in [3.05, 3.63) is 102 Å². The number of anilines is 1. The number of ether oxygens (including phenoxy) is 1. The van der Waals surface area contributed by atoms with Crippen molar-refractivity contribution in [3.8, 4) is 0 Å². The van der Waals surface area contributed by atoms with E-state index in [-0.39, 0.29) is 24.4 Å². The van der Waals surface area contributed by atoms with Crippen LogP contribution in [-0.4, -0.2) is 69.0 Å². The molecule has 4 amide bonds. The number of aliphatic hydroxyl groups is 1. The lowest BCUT2D eigenvalue weighted by atomic mass is 9.87. The lowest BCUT2D eigenvalue weighted by Crippen LogP contribution is -2.59. The topological polar surface area (TPSA) is 147 Å². The molecule has 0 radical (unpaired) electrons. The van der Waals surface area contributed by atoms with Gasteiger partial charge in [0.25, 0.3) is 17.7 Å². The molecule has 12 nitrogen and oxygen atoms in total. The Morgan fingerprint density at radius 1 is 0.961 bits per heavy atom. The average molecular weight is 683 g/mol. The number of carbonyl (C=O) groups is 4. The van der Waals surface area contributed by atoms with Crippen LogP contribution in [0.4, 0.5) is 5.69 Å². The second kappa shape index (κ2) is 10.8. The van der Waals surface area contributed by atoms with Gasteiger partial charge in [-0.1, -0.05) is 54.6 Å². The van der Waals surface area contributed by atoms with Gasteiger partial charge in [0, 0.05) is 52.8 Å². The zero-order valence-corrected chi connectivity index (χ0v) is 28.1. The molecule has 4 N–H and O–H groups in total. The van der Waals surface area contributed by atoms with Crippen LogP contribution in [0.15, 0.2) is 84.9 Å². The van der Waals surface area contributed by atoms with Crippen LogP contribution in [0.3, 0.4) is 0 Å². The van der Waals surface area contributed by atoms with Crippen LogP contribution >= 0.6 is 0 Å². The van der Waals surface area contributed by atoms with Gasteiger partial charge in [-0.2, -0.15) is 0 Å². The van der Waals surface area contributed by atoms with Crippen molar-refractivity contribution >= 4 is 72.9 Å². The molecule has 12 heteroatoms. The van der Waals surface area contributed by atoms with Gasteiger partial charge >= 0.3 is 0 Å². The van der Waals surface area contributed by atoms with Crippen LogP contribution in [0.5, 0.6) is 0 Å². The van der Waals surface area contributed by atoms with Crippen molar-refractivity contribution in [2.45, 2.75) is 37.4 Å². The van der Waals surface area contributed by atoms with Crippen LogP contribution < -0.4 is 16.0 Å². The first-order chi connectivity index (χ1) is 24.5. The predicted octanol–water partition coefficient (Wildman–Crippen LogP) is 4.50. The van der Waals surface area contributed by atoms with Gasteiger partial charge in [0.1, 0.15) is 6.23 Å². The summed E-state index contributed by atoms with van der Waals surface area (Å²) in [5.41, 5.74) is 0.859. The Labute approximate surface area is 291 Å². The summed E-state index contributed by atoms with van der Waals surface area (Å²) in [6.07, 6.45) is 2.36. The molecule has 1 fully saturated rings. The third kappa shape index (κ3) is 4.24. The minimum Gasteiger partial charge on any atom is -0.376 e. The van der Waals surface area contributed by atoms with Crippen LogP contribution in [-0.2, 0) is 26.6 Å². The second-order valence-electron chi connectivity index (χ2n) is 13.9. The lowest BCUT2D eigenvalue weighted by molar-refractivity contribution is -0.187. The molecule has 3 atom stereocenters. The summed E-state index contributed by atoms with van der Waals surface area (Å²) >= 11 is 0. The maximum atomic E-state index is 14.4. The van der Waals surface area contributed by atoms with E-state index in [4.69, 9.17) is 4.74 Å². The number of hydrogen-bond donors (Lipinski definition) is 4. The summed E-state index contributed by atoms with van der Waals surface area (Å²) in [5.74, 6) is -1.85. The van der Waals surface area contributed by atoms with Crippen molar-refractivity contribution in [1.29, 1.82) is 0 Å². The fourth-order valence-electron chi connectivity index (χ4n) is 8.31. The molecule has 3 aliphatic rings. The molecule has 0 saturated carbocycles. The zero-order chi connectivity index (χ0) is 35.4. The fraction of sp³-hybridized carbons (Fsp3) is 0.231. The van der Waals surface area contributed by atoms with E-state index >= 15 is 0 Å². The van der Waals surface area contributed by atoms with E-state index < -0.39 is 35.3 Å². The van der Waals surface area contributed by atoms with Gasteiger partial charge in [-0.3, -0.25) is 24.5 Å². The molecular formula is C39H34N6O6. The number of likely N-dealkylation sites (N-methyl/N-ethyl adjacent to an activating group) is 1. The Morgan fingerprint density at radius 3 is 2.35 bits per heavy atom. The van der Waals surface area contributed by atoms with Gasteiger partial charge in [0.05, 0.1) is 33.2 Å². The van der Waals surface area contributed by atoms with E-state index in [0.717, 1.165) is 16.5 Å². The molecule has 1 saturated heterocycles. The minimum atomic E-state index is -2.08. The summed E-state index contributed by atoms with van der Waals surface area (Å²) in [6.45, 7) is 2.41. The smallest absolute Gasteiger partial charge is 0.259 e.